The highest BCUT2D eigenvalue weighted by Gasteiger charge is 2.18. The Kier molecular flexibility index (Phi) is 7.21. The van der Waals surface area contributed by atoms with Crippen LogP contribution in [-0.2, 0) is 11.3 Å². The monoisotopic (exact) mass is 496 g/mol. The number of methoxy groups -OCH3 is 1. The second-order valence-electron chi connectivity index (χ2n) is 9.57. The van der Waals surface area contributed by atoms with Crippen LogP contribution < -0.4 is 10.2 Å². The summed E-state index contributed by atoms with van der Waals surface area (Å²) in [6.07, 6.45) is 7.71. The number of hydrogen-bond acceptors (Lipinski definition) is 5. The molecule has 1 saturated heterocycles. The average molecular weight is 497 g/mol. The number of amides is 1. The number of carbonyl (C=O) groups excluding carboxylic acids is 2. The van der Waals surface area contributed by atoms with Gasteiger partial charge in [-0.25, -0.2) is 9.78 Å². The maximum Gasteiger partial charge on any atom is 0.337 e. The standard InChI is InChI=1S/C30H32N4O3/c1-21(23-10-12-25(13-11-23)30(36)37-2)32-29(35)26-8-6-7-24-15-18-34(28(24)26)20-22-9-14-27(31-19-22)33-16-4-3-5-17-33/h6-15,18-19,21H,3-5,16-17,20H2,1-2H3,(H,32,35)/t21-/m0/s1. The molecule has 0 bridgehead atoms. The molecule has 1 aliphatic heterocycles. The maximum atomic E-state index is 13.4. The predicted molar refractivity (Wildman–Crippen MR) is 145 cm³/mol. The average Bonchev–Trinajstić information content (AvgIpc) is 3.36. The van der Waals surface area contributed by atoms with Crippen LogP contribution in [0, 0.1) is 0 Å². The largest absolute Gasteiger partial charge is 0.465 e. The van der Waals surface area contributed by atoms with Gasteiger partial charge in [-0.15, -0.1) is 0 Å². The number of carbonyl (C=O) groups is 2. The minimum absolute atomic E-state index is 0.145. The first kappa shape index (κ1) is 24.6. The van der Waals surface area contributed by atoms with Gasteiger partial charge in [0.25, 0.3) is 5.91 Å². The van der Waals surface area contributed by atoms with E-state index in [9.17, 15) is 9.59 Å². The molecule has 1 N–H and O–H groups in total. The quantitative estimate of drug-likeness (QED) is 0.349. The van der Waals surface area contributed by atoms with Crippen molar-refractivity contribution in [3.05, 3.63) is 95.3 Å². The van der Waals surface area contributed by atoms with Gasteiger partial charge in [-0.05, 0) is 67.6 Å². The lowest BCUT2D eigenvalue weighted by Gasteiger charge is -2.27. The second kappa shape index (κ2) is 10.9. The van der Waals surface area contributed by atoms with Crippen molar-refractivity contribution in [2.75, 3.05) is 25.1 Å². The summed E-state index contributed by atoms with van der Waals surface area (Å²) in [5.74, 6) is 0.509. The number of aromatic nitrogens is 2. The fourth-order valence-electron chi connectivity index (χ4n) is 4.98. The molecule has 0 radical (unpaired) electrons. The van der Waals surface area contributed by atoms with Crippen molar-refractivity contribution in [2.45, 2.75) is 38.8 Å². The molecule has 4 aromatic rings. The summed E-state index contributed by atoms with van der Waals surface area (Å²) in [6.45, 7) is 4.70. The Labute approximate surface area is 217 Å². The van der Waals surface area contributed by atoms with Crippen LogP contribution in [0.15, 0.2) is 73.1 Å². The van der Waals surface area contributed by atoms with Crippen LogP contribution in [0.1, 0.15) is 64.1 Å². The number of piperidine rings is 1. The molecule has 7 nitrogen and oxygen atoms in total. The van der Waals surface area contributed by atoms with Gasteiger partial charge in [0.15, 0.2) is 0 Å². The first-order valence-corrected chi connectivity index (χ1v) is 12.8. The molecule has 5 rings (SSSR count). The van der Waals surface area contributed by atoms with Crippen molar-refractivity contribution in [1.29, 1.82) is 0 Å². The van der Waals surface area contributed by atoms with Gasteiger partial charge in [0, 0.05) is 37.4 Å². The Morgan fingerprint density at radius 2 is 1.78 bits per heavy atom. The number of nitrogens with zero attached hydrogens (tertiary/aromatic N) is 3. The molecular weight excluding hydrogens is 464 g/mol. The van der Waals surface area contributed by atoms with E-state index in [4.69, 9.17) is 9.72 Å². The summed E-state index contributed by atoms with van der Waals surface area (Å²) in [6, 6.07) is 18.9. The highest BCUT2D eigenvalue weighted by atomic mass is 16.5. The van der Waals surface area contributed by atoms with E-state index in [1.54, 1.807) is 12.1 Å². The van der Waals surface area contributed by atoms with E-state index in [1.165, 1.54) is 26.4 Å². The molecule has 1 atom stereocenters. The van der Waals surface area contributed by atoms with E-state index in [0.717, 1.165) is 40.9 Å². The highest BCUT2D eigenvalue weighted by Crippen LogP contribution is 2.24. The second-order valence-corrected chi connectivity index (χ2v) is 9.57. The van der Waals surface area contributed by atoms with Crippen LogP contribution in [-0.4, -0.2) is 41.6 Å². The fourth-order valence-corrected chi connectivity index (χ4v) is 4.98. The Bertz CT molecular complexity index is 1390. The van der Waals surface area contributed by atoms with Gasteiger partial charge in [0.2, 0.25) is 0 Å². The van der Waals surface area contributed by atoms with E-state index in [2.05, 4.69) is 26.9 Å². The van der Waals surface area contributed by atoms with Gasteiger partial charge in [-0.1, -0.05) is 30.3 Å². The van der Waals surface area contributed by atoms with Crippen molar-refractivity contribution in [3.63, 3.8) is 0 Å². The minimum Gasteiger partial charge on any atom is -0.465 e. The normalized spacial score (nSPS) is 14.4. The van der Waals surface area contributed by atoms with E-state index < -0.39 is 0 Å². The summed E-state index contributed by atoms with van der Waals surface area (Å²) in [7, 11) is 1.36. The molecule has 7 heteroatoms. The lowest BCUT2D eigenvalue weighted by atomic mass is 10.0. The number of pyridine rings is 1. The fraction of sp³-hybridized carbons (Fsp3) is 0.300. The smallest absolute Gasteiger partial charge is 0.337 e. The third-order valence-electron chi connectivity index (χ3n) is 7.05. The van der Waals surface area contributed by atoms with Crippen LogP contribution in [0.2, 0.25) is 0 Å². The van der Waals surface area contributed by atoms with E-state index in [0.29, 0.717) is 17.7 Å². The van der Waals surface area contributed by atoms with Crippen molar-refractivity contribution in [1.82, 2.24) is 14.9 Å². The van der Waals surface area contributed by atoms with Gasteiger partial charge in [0.05, 0.1) is 29.8 Å². The minimum atomic E-state index is -0.382. The molecule has 37 heavy (non-hydrogen) atoms. The summed E-state index contributed by atoms with van der Waals surface area (Å²) in [5, 5.41) is 4.12. The molecule has 1 fully saturated rings. The zero-order chi connectivity index (χ0) is 25.8. The Balaban J connectivity index is 1.33. The number of fused-ring (bicyclic) bond motifs is 1. The molecule has 1 amide bonds. The number of esters is 1. The SMILES string of the molecule is COC(=O)c1ccc([C@H](C)NC(=O)c2cccc3ccn(Cc4ccc(N5CCCCC5)nc4)c23)cc1. The molecule has 0 unspecified atom stereocenters. The van der Waals surface area contributed by atoms with Crippen LogP contribution in [0.5, 0.6) is 0 Å². The lowest BCUT2D eigenvalue weighted by molar-refractivity contribution is 0.0600. The molecule has 1 aliphatic rings. The molecule has 0 spiro atoms. The molecule has 2 aromatic heterocycles. The molecule has 0 aliphatic carbocycles. The van der Waals surface area contributed by atoms with Gasteiger partial charge >= 0.3 is 5.97 Å². The van der Waals surface area contributed by atoms with Crippen molar-refractivity contribution in [2.24, 2.45) is 0 Å². The first-order chi connectivity index (χ1) is 18.0. The number of ether oxygens (including phenoxy) is 1. The van der Waals surface area contributed by atoms with Gasteiger partial charge in [-0.2, -0.15) is 0 Å². The highest BCUT2D eigenvalue weighted by molar-refractivity contribution is 6.06. The summed E-state index contributed by atoms with van der Waals surface area (Å²) in [5.41, 5.74) is 3.99. The van der Waals surface area contributed by atoms with E-state index in [-0.39, 0.29) is 17.9 Å². The van der Waals surface area contributed by atoms with Crippen LogP contribution in [0.3, 0.4) is 0 Å². The maximum absolute atomic E-state index is 13.4. The zero-order valence-corrected chi connectivity index (χ0v) is 21.3. The topological polar surface area (TPSA) is 76.5 Å². The molecule has 3 heterocycles. The van der Waals surface area contributed by atoms with E-state index in [1.807, 2.05) is 55.7 Å². The number of nitrogens with one attached hydrogen (secondary N) is 1. The third-order valence-corrected chi connectivity index (χ3v) is 7.05. The van der Waals surface area contributed by atoms with Gasteiger partial charge < -0.3 is 19.5 Å². The number of rotatable bonds is 7. The van der Waals surface area contributed by atoms with Gasteiger partial charge in [0.1, 0.15) is 5.82 Å². The number of benzene rings is 2. The predicted octanol–water partition coefficient (Wildman–Crippen LogP) is 5.35. The van der Waals surface area contributed by atoms with Crippen molar-refractivity contribution in [3.8, 4) is 0 Å². The van der Waals surface area contributed by atoms with Gasteiger partial charge in [-0.3, -0.25) is 4.79 Å². The molecule has 190 valence electrons. The lowest BCUT2D eigenvalue weighted by Crippen LogP contribution is -2.30. The summed E-state index contributed by atoms with van der Waals surface area (Å²) >= 11 is 0. The summed E-state index contributed by atoms with van der Waals surface area (Å²) < 4.78 is 6.87. The number of anilines is 1. The van der Waals surface area contributed by atoms with Crippen LogP contribution >= 0.6 is 0 Å². The van der Waals surface area contributed by atoms with E-state index >= 15 is 0 Å². The molecule has 2 aromatic carbocycles. The third kappa shape index (κ3) is 5.35. The summed E-state index contributed by atoms with van der Waals surface area (Å²) in [4.78, 5) is 32.2. The van der Waals surface area contributed by atoms with Crippen LogP contribution in [0.4, 0.5) is 5.82 Å². The first-order valence-electron chi connectivity index (χ1n) is 12.8. The Morgan fingerprint density at radius 1 is 1.00 bits per heavy atom. The number of hydrogen-bond donors (Lipinski definition) is 1. The zero-order valence-electron chi connectivity index (χ0n) is 21.3. The number of para-hydroxylation sites is 1. The molecule has 0 saturated carbocycles. The van der Waals surface area contributed by atoms with Crippen molar-refractivity contribution < 1.29 is 14.3 Å². The molecular formula is C30H32N4O3. The van der Waals surface area contributed by atoms with Crippen LogP contribution in [0.25, 0.3) is 10.9 Å². The Hall–Kier alpha value is -4.13. The van der Waals surface area contributed by atoms with Crippen molar-refractivity contribution >= 4 is 28.6 Å². The Morgan fingerprint density at radius 3 is 2.49 bits per heavy atom.